The molecule has 1 fully saturated rings. The first-order valence-electron chi connectivity index (χ1n) is 6.93. The summed E-state index contributed by atoms with van der Waals surface area (Å²) in [4.78, 5) is 36.7. The lowest BCUT2D eigenvalue weighted by Crippen LogP contribution is -2.46. The molecule has 1 N–H and O–H groups in total. The summed E-state index contributed by atoms with van der Waals surface area (Å²) in [6.45, 7) is 4.96. The van der Waals surface area contributed by atoms with E-state index in [0.717, 1.165) is 4.90 Å². The van der Waals surface area contributed by atoms with E-state index in [1.165, 1.54) is 14.2 Å². The average Bonchev–Trinajstić information content (AvgIpc) is 2.73. The fourth-order valence-corrected chi connectivity index (χ4v) is 2.35. The smallest absolute Gasteiger partial charge is 0.411 e. The van der Waals surface area contributed by atoms with E-state index < -0.39 is 41.7 Å². The van der Waals surface area contributed by atoms with Gasteiger partial charge in [-0.25, -0.2) is 9.59 Å². The van der Waals surface area contributed by atoms with E-state index in [9.17, 15) is 19.5 Å². The number of methoxy groups -OCH3 is 2. The number of ether oxygens (including phenoxy) is 3. The molecule has 0 aromatic rings. The summed E-state index contributed by atoms with van der Waals surface area (Å²) in [6.07, 6.45) is -1.98. The highest BCUT2D eigenvalue weighted by atomic mass is 16.6. The van der Waals surface area contributed by atoms with Crippen LogP contribution in [0.3, 0.4) is 0 Å². The number of esters is 2. The van der Waals surface area contributed by atoms with Gasteiger partial charge in [0.15, 0.2) is 0 Å². The number of hydrogen-bond acceptors (Lipinski definition) is 7. The maximum Gasteiger partial charge on any atom is 0.411 e. The van der Waals surface area contributed by atoms with Crippen molar-refractivity contribution < 1.29 is 33.7 Å². The Labute approximate surface area is 129 Å². The van der Waals surface area contributed by atoms with E-state index in [1.807, 2.05) is 0 Å². The molecule has 0 aromatic carbocycles. The zero-order valence-corrected chi connectivity index (χ0v) is 13.5. The molecule has 22 heavy (non-hydrogen) atoms. The summed E-state index contributed by atoms with van der Waals surface area (Å²) >= 11 is 0. The molecule has 0 radical (unpaired) electrons. The van der Waals surface area contributed by atoms with Crippen LogP contribution in [0.2, 0.25) is 0 Å². The van der Waals surface area contributed by atoms with Crippen molar-refractivity contribution in [3.05, 3.63) is 0 Å². The number of carbonyl (C=O) groups is 3. The van der Waals surface area contributed by atoms with E-state index in [2.05, 4.69) is 9.47 Å². The van der Waals surface area contributed by atoms with Crippen molar-refractivity contribution >= 4 is 18.0 Å². The van der Waals surface area contributed by atoms with Crippen LogP contribution in [0.1, 0.15) is 27.2 Å². The molecule has 0 spiro atoms. The second-order valence-corrected chi connectivity index (χ2v) is 6.11. The molecule has 1 rings (SSSR count). The second-order valence-electron chi connectivity index (χ2n) is 6.11. The Balaban J connectivity index is 2.99. The van der Waals surface area contributed by atoms with Gasteiger partial charge in [0.25, 0.3) is 0 Å². The van der Waals surface area contributed by atoms with Gasteiger partial charge in [0.05, 0.1) is 33.3 Å². The summed E-state index contributed by atoms with van der Waals surface area (Å²) < 4.78 is 14.5. The number of β-amino-alcohol motifs (C(OH)–C–C–N with tert-alkyl or cyclic N) is 1. The summed E-state index contributed by atoms with van der Waals surface area (Å²) in [5, 5.41) is 10.1. The van der Waals surface area contributed by atoms with E-state index in [-0.39, 0.29) is 13.0 Å². The number of aliphatic hydroxyl groups excluding tert-OH is 1. The van der Waals surface area contributed by atoms with E-state index in [0.29, 0.717) is 0 Å². The van der Waals surface area contributed by atoms with Gasteiger partial charge in [-0.2, -0.15) is 0 Å². The zero-order chi connectivity index (χ0) is 17.1. The van der Waals surface area contributed by atoms with Crippen molar-refractivity contribution in [3.8, 4) is 0 Å². The van der Waals surface area contributed by atoms with Gasteiger partial charge in [0.1, 0.15) is 11.6 Å². The van der Waals surface area contributed by atoms with Gasteiger partial charge in [0.2, 0.25) is 0 Å². The minimum Gasteiger partial charge on any atom is -0.469 e. The van der Waals surface area contributed by atoms with Crippen molar-refractivity contribution in [2.75, 3.05) is 20.8 Å². The van der Waals surface area contributed by atoms with Crippen molar-refractivity contribution in [1.82, 2.24) is 4.90 Å². The number of nitrogens with zero attached hydrogens (tertiary/aromatic N) is 1. The molecule has 8 heteroatoms. The van der Waals surface area contributed by atoms with E-state index >= 15 is 0 Å². The zero-order valence-electron chi connectivity index (χ0n) is 13.5. The lowest BCUT2D eigenvalue weighted by atomic mass is 9.94. The third-order valence-corrected chi connectivity index (χ3v) is 3.32. The fourth-order valence-electron chi connectivity index (χ4n) is 2.35. The van der Waals surface area contributed by atoms with E-state index in [1.54, 1.807) is 20.8 Å². The van der Waals surface area contributed by atoms with Crippen LogP contribution in [-0.2, 0) is 23.8 Å². The van der Waals surface area contributed by atoms with Crippen LogP contribution >= 0.6 is 0 Å². The third kappa shape index (κ3) is 4.33. The monoisotopic (exact) mass is 317 g/mol. The van der Waals surface area contributed by atoms with Gasteiger partial charge in [0, 0.05) is 5.92 Å². The normalized spacial score (nSPS) is 24.8. The maximum absolute atomic E-state index is 12.2. The van der Waals surface area contributed by atoms with Crippen LogP contribution in [0.25, 0.3) is 0 Å². The molecular formula is C14H23NO7. The Morgan fingerprint density at radius 3 is 2.23 bits per heavy atom. The van der Waals surface area contributed by atoms with Gasteiger partial charge in [-0.15, -0.1) is 0 Å². The highest BCUT2D eigenvalue weighted by molar-refractivity contribution is 5.84. The Morgan fingerprint density at radius 2 is 1.77 bits per heavy atom. The Morgan fingerprint density at radius 1 is 1.18 bits per heavy atom. The molecule has 126 valence electrons. The van der Waals surface area contributed by atoms with Gasteiger partial charge >= 0.3 is 18.0 Å². The topological polar surface area (TPSA) is 102 Å². The molecule has 1 amide bonds. The van der Waals surface area contributed by atoms with Crippen molar-refractivity contribution in [3.63, 3.8) is 0 Å². The van der Waals surface area contributed by atoms with Crippen LogP contribution in [0.4, 0.5) is 4.79 Å². The predicted octanol–water partition coefficient (Wildman–Crippen LogP) is 0.319. The number of rotatable bonds is 3. The summed E-state index contributed by atoms with van der Waals surface area (Å²) in [7, 11) is 2.39. The second kappa shape index (κ2) is 6.95. The molecule has 0 aliphatic carbocycles. The molecule has 8 nitrogen and oxygen atoms in total. The van der Waals surface area contributed by atoms with Crippen LogP contribution in [0.5, 0.6) is 0 Å². The first-order valence-corrected chi connectivity index (χ1v) is 6.93. The van der Waals surface area contributed by atoms with E-state index in [4.69, 9.17) is 4.74 Å². The average molecular weight is 317 g/mol. The first-order chi connectivity index (χ1) is 10.1. The Kier molecular flexibility index (Phi) is 5.76. The highest BCUT2D eigenvalue weighted by Crippen LogP contribution is 2.30. The van der Waals surface area contributed by atoms with Crippen LogP contribution in [-0.4, -0.2) is 66.5 Å². The first kappa shape index (κ1) is 18.2. The van der Waals surface area contributed by atoms with Crippen molar-refractivity contribution in [2.45, 2.75) is 44.9 Å². The molecule has 1 saturated heterocycles. The number of hydrogen-bond donors (Lipinski definition) is 1. The number of amides is 1. The predicted molar refractivity (Wildman–Crippen MR) is 74.9 cm³/mol. The Hall–Kier alpha value is -1.83. The van der Waals surface area contributed by atoms with Crippen LogP contribution < -0.4 is 0 Å². The largest absolute Gasteiger partial charge is 0.469 e. The molecule has 1 aliphatic rings. The number of aliphatic hydroxyl groups is 1. The summed E-state index contributed by atoms with van der Waals surface area (Å²) in [6, 6.07) is -1.09. The maximum atomic E-state index is 12.2. The number of carbonyl (C=O) groups excluding carboxylic acids is 3. The molecule has 3 atom stereocenters. The van der Waals surface area contributed by atoms with Gasteiger partial charge in [-0.1, -0.05) is 0 Å². The number of likely N-dealkylation sites (tertiary alicyclic amines) is 1. The molecular weight excluding hydrogens is 294 g/mol. The van der Waals surface area contributed by atoms with Crippen molar-refractivity contribution in [2.24, 2.45) is 5.92 Å². The van der Waals surface area contributed by atoms with Crippen LogP contribution in [0.15, 0.2) is 0 Å². The van der Waals surface area contributed by atoms with Gasteiger partial charge in [-0.05, 0) is 20.8 Å². The third-order valence-electron chi connectivity index (χ3n) is 3.32. The molecule has 0 saturated carbocycles. The van der Waals surface area contributed by atoms with Gasteiger partial charge < -0.3 is 19.3 Å². The minimum absolute atomic E-state index is 0.115. The Bertz CT molecular complexity index is 443. The molecule has 0 bridgehead atoms. The molecule has 0 unspecified atom stereocenters. The lowest BCUT2D eigenvalue weighted by molar-refractivity contribution is -0.149. The SMILES string of the molecule is COC(=O)C[C@H]1[C@H](O)CN(C(=O)OC(C)(C)C)[C@@H]1C(=O)OC. The molecule has 0 aromatic heterocycles. The van der Waals surface area contributed by atoms with Crippen molar-refractivity contribution in [1.29, 1.82) is 0 Å². The molecule has 1 aliphatic heterocycles. The molecule has 1 heterocycles. The minimum atomic E-state index is -1.09. The van der Waals surface area contributed by atoms with Crippen LogP contribution in [0, 0.1) is 5.92 Å². The quantitative estimate of drug-likeness (QED) is 0.590. The highest BCUT2D eigenvalue weighted by Gasteiger charge is 2.50. The summed E-state index contributed by atoms with van der Waals surface area (Å²) in [5.74, 6) is -2.09. The standard InChI is InChI=1S/C14H23NO7/c1-14(2,3)22-13(19)15-7-9(16)8(6-10(17)20-4)11(15)12(18)21-5/h8-9,11,16H,6-7H2,1-5H3/t8-,9+,11-/m0/s1. The summed E-state index contributed by atoms with van der Waals surface area (Å²) in [5.41, 5.74) is -0.747. The van der Waals surface area contributed by atoms with Gasteiger partial charge in [-0.3, -0.25) is 9.69 Å². The lowest BCUT2D eigenvalue weighted by Gasteiger charge is -2.28. The fraction of sp³-hybridized carbons (Fsp3) is 0.786.